The van der Waals surface area contributed by atoms with Crippen molar-refractivity contribution in [2.45, 2.75) is 20.3 Å². The summed E-state index contributed by atoms with van der Waals surface area (Å²) in [6.45, 7) is 8.09. The van der Waals surface area contributed by atoms with E-state index in [2.05, 4.69) is 62.9 Å². The second-order valence-electron chi connectivity index (χ2n) is 5.45. The Morgan fingerprint density at radius 3 is 2.26 bits per heavy atom. The Hall–Kier alpha value is -2.54. The van der Waals surface area contributed by atoms with Crippen molar-refractivity contribution < 1.29 is 4.74 Å². The third-order valence-electron chi connectivity index (χ3n) is 3.88. The number of hydrogen-bond donors (Lipinski definition) is 0. The highest BCUT2D eigenvalue weighted by molar-refractivity contribution is 5.92. The Morgan fingerprint density at radius 1 is 0.957 bits per heavy atom. The first-order valence-corrected chi connectivity index (χ1v) is 7.93. The molecule has 0 aromatic heterocycles. The van der Waals surface area contributed by atoms with Crippen molar-refractivity contribution in [3.63, 3.8) is 0 Å². The molecular weight excluding hydrogens is 280 g/mol. The number of fused-ring (bicyclic) bond motifs is 1. The van der Waals surface area contributed by atoms with Crippen LogP contribution >= 0.6 is 0 Å². The van der Waals surface area contributed by atoms with Crippen LogP contribution in [0.3, 0.4) is 0 Å². The van der Waals surface area contributed by atoms with Gasteiger partial charge in [0.05, 0.1) is 7.11 Å². The SMILES string of the molecule is C=Cc1c(OC)ccc2ccccc12.CCc1ccc(C)cc1. The molecule has 0 saturated heterocycles. The highest BCUT2D eigenvalue weighted by Crippen LogP contribution is 2.28. The fourth-order valence-corrected chi connectivity index (χ4v) is 2.49. The lowest BCUT2D eigenvalue weighted by Crippen LogP contribution is -1.87. The van der Waals surface area contributed by atoms with E-state index in [9.17, 15) is 0 Å². The van der Waals surface area contributed by atoms with Gasteiger partial charge in [-0.3, -0.25) is 0 Å². The number of benzene rings is 3. The summed E-state index contributed by atoms with van der Waals surface area (Å²) in [5, 5.41) is 2.39. The maximum Gasteiger partial charge on any atom is 0.126 e. The van der Waals surface area contributed by atoms with Gasteiger partial charge in [0.2, 0.25) is 0 Å². The first kappa shape index (κ1) is 16.8. The molecule has 0 spiro atoms. The van der Waals surface area contributed by atoms with Crippen molar-refractivity contribution in [1.82, 2.24) is 0 Å². The van der Waals surface area contributed by atoms with Crippen LogP contribution in [0.5, 0.6) is 5.75 Å². The van der Waals surface area contributed by atoms with Crippen LogP contribution in [0.1, 0.15) is 23.6 Å². The van der Waals surface area contributed by atoms with Crippen LogP contribution in [0, 0.1) is 6.92 Å². The van der Waals surface area contributed by atoms with Crippen LogP contribution in [0.25, 0.3) is 16.8 Å². The average Bonchev–Trinajstić information content (AvgIpc) is 2.61. The zero-order valence-corrected chi connectivity index (χ0v) is 14.2. The fraction of sp³-hybridized carbons (Fsp3) is 0.182. The Kier molecular flexibility index (Phi) is 5.99. The van der Waals surface area contributed by atoms with Gasteiger partial charge in [0, 0.05) is 5.56 Å². The molecule has 118 valence electrons. The molecule has 3 aromatic rings. The van der Waals surface area contributed by atoms with Crippen LogP contribution in [-0.2, 0) is 6.42 Å². The van der Waals surface area contributed by atoms with Crippen molar-refractivity contribution in [3.05, 3.63) is 83.9 Å². The highest BCUT2D eigenvalue weighted by atomic mass is 16.5. The summed E-state index contributed by atoms with van der Waals surface area (Å²) in [7, 11) is 1.68. The summed E-state index contributed by atoms with van der Waals surface area (Å²) in [5.74, 6) is 0.874. The Morgan fingerprint density at radius 2 is 1.65 bits per heavy atom. The second-order valence-corrected chi connectivity index (χ2v) is 5.45. The molecule has 23 heavy (non-hydrogen) atoms. The largest absolute Gasteiger partial charge is 0.496 e. The number of aryl methyl sites for hydroxylation is 2. The number of hydrogen-bond acceptors (Lipinski definition) is 1. The highest BCUT2D eigenvalue weighted by Gasteiger charge is 2.03. The molecule has 3 aromatic carbocycles. The normalized spacial score (nSPS) is 9.87. The Bertz CT molecular complexity index is 770. The van der Waals surface area contributed by atoms with E-state index >= 15 is 0 Å². The average molecular weight is 304 g/mol. The molecule has 1 heteroatoms. The van der Waals surface area contributed by atoms with E-state index in [4.69, 9.17) is 4.74 Å². The number of ether oxygens (including phenoxy) is 1. The number of rotatable bonds is 3. The zero-order valence-electron chi connectivity index (χ0n) is 14.2. The van der Waals surface area contributed by atoms with Crippen LogP contribution in [0.4, 0.5) is 0 Å². The van der Waals surface area contributed by atoms with Gasteiger partial charge < -0.3 is 4.74 Å². The molecule has 0 aliphatic heterocycles. The predicted octanol–water partition coefficient (Wildman–Crippen LogP) is 6.05. The standard InChI is InChI=1S/C13H12O.C9H12/c1-3-11-12-7-5-4-6-10(12)8-9-13(11)14-2;1-3-9-6-4-8(2)5-7-9/h3-9H,1H2,2H3;4-7H,3H2,1-2H3. The Labute approximate surface area is 139 Å². The molecule has 0 N–H and O–H groups in total. The van der Waals surface area contributed by atoms with E-state index < -0.39 is 0 Å². The minimum absolute atomic E-state index is 0.874. The summed E-state index contributed by atoms with van der Waals surface area (Å²) in [4.78, 5) is 0. The van der Waals surface area contributed by atoms with Crippen LogP contribution in [-0.4, -0.2) is 7.11 Å². The second kappa shape index (κ2) is 8.19. The van der Waals surface area contributed by atoms with E-state index in [1.165, 1.54) is 21.9 Å². The van der Waals surface area contributed by atoms with E-state index in [-0.39, 0.29) is 0 Å². The van der Waals surface area contributed by atoms with E-state index in [1.54, 1.807) is 7.11 Å². The predicted molar refractivity (Wildman–Crippen MR) is 101 cm³/mol. The summed E-state index contributed by atoms with van der Waals surface area (Å²) >= 11 is 0. The smallest absolute Gasteiger partial charge is 0.126 e. The monoisotopic (exact) mass is 304 g/mol. The van der Waals surface area contributed by atoms with Gasteiger partial charge in [0.25, 0.3) is 0 Å². The summed E-state index contributed by atoms with van der Waals surface area (Å²) in [5.41, 5.74) is 3.82. The van der Waals surface area contributed by atoms with Crippen LogP contribution < -0.4 is 4.74 Å². The molecule has 0 fully saturated rings. The molecule has 0 radical (unpaired) electrons. The van der Waals surface area contributed by atoms with Crippen molar-refractivity contribution in [2.75, 3.05) is 7.11 Å². The maximum absolute atomic E-state index is 5.27. The summed E-state index contributed by atoms with van der Waals surface area (Å²) in [6.07, 6.45) is 2.97. The van der Waals surface area contributed by atoms with Gasteiger partial charge in [0.1, 0.15) is 5.75 Å². The topological polar surface area (TPSA) is 9.23 Å². The lowest BCUT2D eigenvalue weighted by Gasteiger charge is -2.07. The first-order valence-electron chi connectivity index (χ1n) is 7.93. The molecule has 0 amide bonds. The van der Waals surface area contributed by atoms with Crippen molar-refractivity contribution in [2.24, 2.45) is 0 Å². The maximum atomic E-state index is 5.27. The van der Waals surface area contributed by atoms with Gasteiger partial charge in [-0.05, 0) is 35.7 Å². The molecular formula is C22H24O. The van der Waals surface area contributed by atoms with Gasteiger partial charge in [0.15, 0.2) is 0 Å². The minimum Gasteiger partial charge on any atom is -0.496 e. The summed E-state index contributed by atoms with van der Waals surface area (Å²) in [6, 6.07) is 20.9. The minimum atomic E-state index is 0.874. The third kappa shape index (κ3) is 4.23. The molecule has 0 unspecified atom stereocenters. The van der Waals surface area contributed by atoms with Gasteiger partial charge in [-0.15, -0.1) is 0 Å². The first-order chi connectivity index (χ1) is 11.2. The molecule has 0 heterocycles. The lowest BCUT2D eigenvalue weighted by molar-refractivity contribution is 0.414. The molecule has 0 bridgehead atoms. The number of methoxy groups -OCH3 is 1. The van der Waals surface area contributed by atoms with Crippen LogP contribution in [0.15, 0.2) is 67.2 Å². The van der Waals surface area contributed by atoms with Gasteiger partial charge >= 0.3 is 0 Å². The fourth-order valence-electron chi connectivity index (χ4n) is 2.49. The van der Waals surface area contributed by atoms with E-state index in [0.717, 1.165) is 17.7 Å². The zero-order chi connectivity index (χ0) is 16.7. The van der Waals surface area contributed by atoms with Crippen LogP contribution in [0.2, 0.25) is 0 Å². The van der Waals surface area contributed by atoms with E-state index in [1.807, 2.05) is 24.3 Å². The van der Waals surface area contributed by atoms with Crippen molar-refractivity contribution in [3.8, 4) is 5.75 Å². The molecule has 0 aliphatic rings. The lowest BCUT2D eigenvalue weighted by atomic mass is 10.0. The molecule has 0 aliphatic carbocycles. The quantitative estimate of drug-likeness (QED) is 0.572. The van der Waals surface area contributed by atoms with Gasteiger partial charge in [-0.1, -0.05) is 79.7 Å². The molecule has 1 nitrogen and oxygen atoms in total. The Balaban J connectivity index is 0.000000185. The molecule has 0 atom stereocenters. The summed E-state index contributed by atoms with van der Waals surface area (Å²) < 4.78 is 5.27. The third-order valence-corrected chi connectivity index (χ3v) is 3.88. The molecule has 3 rings (SSSR count). The van der Waals surface area contributed by atoms with Crippen molar-refractivity contribution >= 4 is 16.8 Å². The van der Waals surface area contributed by atoms with Crippen molar-refractivity contribution in [1.29, 1.82) is 0 Å². The van der Waals surface area contributed by atoms with Gasteiger partial charge in [-0.25, -0.2) is 0 Å². The van der Waals surface area contributed by atoms with Gasteiger partial charge in [-0.2, -0.15) is 0 Å². The molecule has 0 saturated carbocycles. The van der Waals surface area contributed by atoms with E-state index in [0.29, 0.717) is 0 Å².